The standard InChI is InChI=1S/C14H19FN2O/c1-10-6-7-17(13(10)9-16)14(18)8-11-4-2-3-5-12(11)15/h2-5,10,13H,6-9,16H2,1H3. The molecule has 98 valence electrons. The molecule has 3 nitrogen and oxygen atoms in total. The van der Waals surface area contributed by atoms with Gasteiger partial charge in [0.25, 0.3) is 0 Å². The molecule has 0 spiro atoms. The number of hydrogen-bond acceptors (Lipinski definition) is 2. The molecule has 1 saturated heterocycles. The number of nitrogens with two attached hydrogens (primary N) is 1. The largest absolute Gasteiger partial charge is 0.338 e. The van der Waals surface area contributed by atoms with E-state index >= 15 is 0 Å². The first-order valence-electron chi connectivity index (χ1n) is 6.36. The molecule has 1 aromatic carbocycles. The van der Waals surface area contributed by atoms with Gasteiger partial charge >= 0.3 is 0 Å². The van der Waals surface area contributed by atoms with E-state index in [1.807, 2.05) is 0 Å². The van der Waals surface area contributed by atoms with Crippen LogP contribution in [0.1, 0.15) is 18.9 Å². The fourth-order valence-electron chi connectivity index (χ4n) is 2.58. The van der Waals surface area contributed by atoms with E-state index in [0.717, 1.165) is 13.0 Å². The summed E-state index contributed by atoms with van der Waals surface area (Å²) in [6.07, 6.45) is 1.10. The Morgan fingerprint density at radius 2 is 2.22 bits per heavy atom. The number of carbonyl (C=O) groups excluding carboxylic acids is 1. The van der Waals surface area contributed by atoms with Gasteiger partial charge in [-0.15, -0.1) is 0 Å². The van der Waals surface area contributed by atoms with Gasteiger partial charge in [-0.25, -0.2) is 4.39 Å². The number of halogens is 1. The first-order chi connectivity index (χ1) is 8.63. The second-order valence-electron chi connectivity index (χ2n) is 4.92. The Labute approximate surface area is 107 Å². The van der Waals surface area contributed by atoms with Crippen LogP contribution in [0.3, 0.4) is 0 Å². The third kappa shape index (κ3) is 2.53. The average molecular weight is 250 g/mol. The van der Waals surface area contributed by atoms with Crippen LogP contribution in [0.15, 0.2) is 24.3 Å². The van der Waals surface area contributed by atoms with Crippen molar-refractivity contribution in [2.75, 3.05) is 13.1 Å². The van der Waals surface area contributed by atoms with E-state index in [1.165, 1.54) is 6.07 Å². The van der Waals surface area contributed by atoms with Crippen LogP contribution in [-0.4, -0.2) is 29.9 Å². The van der Waals surface area contributed by atoms with Crippen LogP contribution in [0.5, 0.6) is 0 Å². The lowest BCUT2D eigenvalue weighted by Gasteiger charge is -2.25. The number of likely N-dealkylation sites (tertiary alicyclic amines) is 1. The summed E-state index contributed by atoms with van der Waals surface area (Å²) in [4.78, 5) is 14.0. The summed E-state index contributed by atoms with van der Waals surface area (Å²) in [5, 5.41) is 0. The van der Waals surface area contributed by atoms with Crippen LogP contribution in [0.2, 0.25) is 0 Å². The van der Waals surface area contributed by atoms with E-state index in [-0.39, 0.29) is 24.2 Å². The van der Waals surface area contributed by atoms with Gasteiger partial charge in [0.1, 0.15) is 5.82 Å². The molecule has 1 heterocycles. The minimum absolute atomic E-state index is 0.0279. The summed E-state index contributed by atoms with van der Waals surface area (Å²) in [7, 11) is 0. The Morgan fingerprint density at radius 1 is 1.50 bits per heavy atom. The van der Waals surface area contributed by atoms with Crippen molar-refractivity contribution in [3.63, 3.8) is 0 Å². The molecule has 0 saturated carbocycles. The lowest BCUT2D eigenvalue weighted by atomic mass is 10.0. The molecule has 2 unspecified atom stereocenters. The maximum Gasteiger partial charge on any atom is 0.227 e. The van der Waals surface area contributed by atoms with Gasteiger partial charge in [-0.3, -0.25) is 4.79 Å². The SMILES string of the molecule is CC1CCN(C(=O)Cc2ccccc2F)C1CN. The van der Waals surface area contributed by atoms with Crippen LogP contribution < -0.4 is 5.73 Å². The predicted molar refractivity (Wildman–Crippen MR) is 68.4 cm³/mol. The quantitative estimate of drug-likeness (QED) is 0.885. The zero-order valence-electron chi connectivity index (χ0n) is 10.6. The van der Waals surface area contributed by atoms with Crippen molar-refractivity contribution in [3.05, 3.63) is 35.6 Å². The van der Waals surface area contributed by atoms with Crippen molar-refractivity contribution < 1.29 is 9.18 Å². The fraction of sp³-hybridized carbons (Fsp3) is 0.500. The highest BCUT2D eigenvalue weighted by atomic mass is 19.1. The highest BCUT2D eigenvalue weighted by Gasteiger charge is 2.33. The number of amides is 1. The van der Waals surface area contributed by atoms with Crippen LogP contribution >= 0.6 is 0 Å². The smallest absolute Gasteiger partial charge is 0.227 e. The van der Waals surface area contributed by atoms with Crippen LogP contribution in [-0.2, 0) is 11.2 Å². The number of rotatable bonds is 3. The first-order valence-corrected chi connectivity index (χ1v) is 6.36. The van der Waals surface area contributed by atoms with Crippen molar-refractivity contribution in [2.24, 2.45) is 11.7 Å². The van der Waals surface area contributed by atoms with Gasteiger partial charge in [0.15, 0.2) is 0 Å². The van der Waals surface area contributed by atoms with Gasteiger partial charge in [-0.05, 0) is 24.0 Å². The van der Waals surface area contributed by atoms with E-state index in [9.17, 15) is 9.18 Å². The Morgan fingerprint density at radius 3 is 2.89 bits per heavy atom. The lowest BCUT2D eigenvalue weighted by Crippen LogP contribution is -2.42. The first kappa shape index (κ1) is 13.0. The topological polar surface area (TPSA) is 46.3 Å². The molecule has 0 radical (unpaired) electrons. The van der Waals surface area contributed by atoms with E-state index < -0.39 is 0 Å². The van der Waals surface area contributed by atoms with E-state index in [0.29, 0.717) is 18.0 Å². The summed E-state index contributed by atoms with van der Waals surface area (Å²) in [6, 6.07) is 6.52. The maximum absolute atomic E-state index is 13.5. The monoisotopic (exact) mass is 250 g/mol. The number of nitrogens with zero attached hydrogens (tertiary/aromatic N) is 1. The second kappa shape index (κ2) is 5.48. The zero-order valence-corrected chi connectivity index (χ0v) is 10.6. The number of benzene rings is 1. The number of hydrogen-bond donors (Lipinski definition) is 1. The molecule has 2 N–H and O–H groups in total. The molecule has 1 fully saturated rings. The Bertz CT molecular complexity index is 436. The molecule has 0 aliphatic carbocycles. The summed E-state index contributed by atoms with van der Waals surface area (Å²) in [6.45, 7) is 3.31. The molecular weight excluding hydrogens is 231 g/mol. The average Bonchev–Trinajstić information content (AvgIpc) is 2.73. The van der Waals surface area contributed by atoms with Gasteiger partial charge in [0.2, 0.25) is 5.91 Å². The molecule has 1 amide bonds. The van der Waals surface area contributed by atoms with Gasteiger partial charge < -0.3 is 10.6 Å². The minimum atomic E-state index is -0.317. The van der Waals surface area contributed by atoms with Crippen LogP contribution in [0.25, 0.3) is 0 Å². The molecule has 1 aromatic rings. The summed E-state index contributed by atoms with van der Waals surface area (Å²) in [5.74, 6) is 0.0851. The van der Waals surface area contributed by atoms with Crippen LogP contribution in [0.4, 0.5) is 4.39 Å². The summed E-state index contributed by atoms with van der Waals surface area (Å²) < 4.78 is 13.5. The Kier molecular flexibility index (Phi) is 3.97. The molecule has 4 heteroatoms. The van der Waals surface area contributed by atoms with Crippen molar-refractivity contribution >= 4 is 5.91 Å². The predicted octanol–water partition coefficient (Wildman–Crippen LogP) is 1.56. The molecular formula is C14H19FN2O. The van der Waals surface area contributed by atoms with Gasteiger partial charge in [-0.2, -0.15) is 0 Å². The highest BCUT2D eigenvalue weighted by molar-refractivity contribution is 5.79. The molecule has 0 aromatic heterocycles. The van der Waals surface area contributed by atoms with E-state index in [4.69, 9.17) is 5.73 Å². The van der Waals surface area contributed by atoms with Gasteiger partial charge in [-0.1, -0.05) is 25.1 Å². The highest BCUT2D eigenvalue weighted by Crippen LogP contribution is 2.24. The van der Waals surface area contributed by atoms with Crippen molar-refractivity contribution in [3.8, 4) is 0 Å². The summed E-state index contributed by atoms with van der Waals surface area (Å²) in [5.41, 5.74) is 6.16. The van der Waals surface area contributed by atoms with E-state index in [1.54, 1.807) is 23.1 Å². The van der Waals surface area contributed by atoms with E-state index in [2.05, 4.69) is 6.92 Å². The zero-order chi connectivity index (χ0) is 13.1. The van der Waals surface area contributed by atoms with Gasteiger partial charge in [0, 0.05) is 19.1 Å². The van der Waals surface area contributed by atoms with Crippen LogP contribution in [0, 0.1) is 11.7 Å². The number of carbonyl (C=O) groups is 1. The fourth-order valence-corrected chi connectivity index (χ4v) is 2.58. The Hall–Kier alpha value is -1.42. The molecule has 0 bridgehead atoms. The van der Waals surface area contributed by atoms with Crippen molar-refractivity contribution in [2.45, 2.75) is 25.8 Å². The van der Waals surface area contributed by atoms with Gasteiger partial charge in [0.05, 0.1) is 6.42 Å². The molecule has 2 atom stereocenters. The van der Waals surface area contributed by atoms with Crippen molar-refractivity contribution in [1.82, 2.24) is 4.90 Å². The van der Waals surface area contributed by atoms with Crippen molar-refractivity contribution in [1.29, 1.82) is 0 Å². The minimum Gasteiger partial charge on any atom is -0.338 e. The summed E-state index contributed by atoms with van der Waals surface area (Å²) >= 11 is 0. The molecule has 2 rings (SSSR count). The molecule has 1 aliphatic heterocycles. The third-order valence-corrected chi connectivity index (χ3v) is 3.74. The normalized spacial score (nSPS) is 23.4. The molecule has 18 heavy (non-hydrogen) atoms. The maximum atomic E-state index is 13.5. The second-order valence-corrected chi connectivity index (χ2v) is 4.92. The lowest BCUT2D eigenvalue weighted by molar-refractivity contribution is -0.131. The molecule has 1 aliphatic rings. The third-order valence-electron chi connectivity index (χ3n) is 3.74. The Balaban J connectivity index is 2.07.